The molecule has 1 atom stereocenters. The molecule has 0 bridgehead atoms. The van der Waals surface area contributed by atoms with Gasteiger partial charge in [-0.25, -0.2) is 8.42 Å². The fourth-order valence-electron chi connectivity index (χ4n) is 2.88. The summed E-state index contributed by atoms with van der Waals surface area (Å²) in [6.07, 6.45) is 1.95. The summed E-state index contributed by atoms with van der Waals surface area (Å²) in [6, 6.07) is 1.45. The summed E-state index contributed by atoms with van der Waals surface area (Å²) in [5.74, 6) is 0. The summed E-state index contributed by atoms with van der Waals surface area (Å²) in [5, 5.41) is 3.32. The molecule has 2 fully saturated rings. The number of halogens is 3. The van der Waals surface area contributed by atoms with E-state index < -0.39 is 10.0 Å². The molecule has 3 heterocycles. The van der Waals surface area contributed by atoms with Crippen LogP contribution in [0.5, 0.6) is 0 Å². The first-order valence-electron chi connectivity index (χ1n) is 6.09. The number of thiophene rings is 1. The molecule has 1 spiro atoms. The Hall–Kier alpha value is 0.440. The van der Waals surface area contributed by atoms with Crippen LogP contribution in [-0.4, -0.2) is 38.9 Å². The molecule has 4 nitrogen and oxygen atoms in total. The number of nitrogens with one attached hydrogen (secondary N) is 1. The first kappa shape index (κ1) is 16.8. The Morgan fingerprint density at radius 1 is 1.35 bits per heavy atom. The molecule has 114 valence electrons. The van der Waals surface area contributed by atoms with Gasteiger partial charge in [-0.3, -0.25) is 0 Å². The maximum atomic E-state index is 12.6. The lowest BCUT2D eigenvalue weighted by Crippen LogP contribution is -2.33. The smallest absolute Gasteiger partial charge is 0.245 e. The van der Waals surface area contributed by atoms with Crippen molar-refractivity contribution in [3.05, 3.63) is 14.7 Å². The Kier molecular flexibility index (Phi) is 4.97. The molecule has 0 aliphatic carbocycles. The average molecular weight is 378 g/mol. The van der Waals surface area contributed by atoms with Gasteiger partial charge in [-0.1, -0.05) is 23.2 Å². The van der Waals surface area contributed by atoms with Crippen molar-refractivity contribution in [2.75, 3.05) is 26.2 Å². The lowest BCUT2D eigenvalue weighted by atomic mass is 9.87. The van der Waals surface area contributed by atoms with Gasteiger partial charge in [-0.2, -0.15) is 4.31 Å². The van der Waals surface area contributed by atoms with Gasteiger partial charge in [0.05, 0.1) is 4.34 Å². The van der Waals surface area contributed by atoms with Crippen LogP contribution in [-0.2, 0) is 10.0 Å². The summed E-state index contributed by atoms with van der Waals surface area (Å²) in [4.78, 5) is 0.146. The van der Waals surface area contributed by atoms with Crippen molar-refractivity contribution in [1.29, 1.82) is 0 Å². The molecular weight excluding hydrogens is 363 g/mol. The predicted molar refractivity (Wildman–Crippen MR) is 84.9 cm³/mol. The number of nitrogens with zero attached hydrogens (tertiary/aromatic N) is 1. The van der Waals surface area contributed by atoms with Gasteiger partial charge in [0.25, 0.3) is 0 Å². The minimum absolute atomic E-state index is 0. The summed E-state index contributed by atoms with van der Waals surface area (Å²) in [7, 11) is -3.51. The van der Waals surface area contributed by atoms with E-state index in [2.05, 4.69) is 5.32 Å². The van der Waals surface area contributed by atoms with Crippen LogP contribution in [0, 0.1) is 5.41 Å². The molecule has 0 aromatic carbocycles. The third-order valence-electron chi connectivity index (χ3n) is 3.98. The highest BCUT2D eigenvalue weighted by Crippen LogP contribution is 2.41. The van der Waals surface area contributed by atoms with Crippen molar-refractivity contribution in [2.24, 2.45) is 5.41 Å². The molecule has 2 saturated heterocycles. The zero-order valence-corrected chi connectivity index (χ0v) is 14.5. The average Bonchev–Trinajstić information content (AvgIpc) is 3.03. The first-order chi connectivity index (χ1) is 8.93. The SMILES string of the molecule is Cl.O=S(=O)(c1cc(Cl)sc1Cl)N1CCC2(CCNC2)C1. The lowest BCUT2D eigenvalue weighted by molar-refractivity contribution is 0.338. The molecule has 0 amide bonds. The van der Waals surface area contributed by atoms with E-state index in [0.717, 1.165) is 37.3 Å². The van der Waals surface area contributed by atoms with E-state index in [1.54, 1.807) is 4.31 Å². The standard InChI is InChI=1S/C11H14Cl2N2O2S2.ClH/c12-9-5-8(10(13)18-9)19(16,17)15-4-2-11(7-15)1-3-14-6-11;/h5,14H,1-4,6-7H2;1H. The lowest BCUT2D eigenvalue weighted by Gasteiger charge is -2.22. The van der Waals surface area contributed by atoms with E-state index >= 15 is 0 Å². The summed E-state index contributed by atoms with van der Waals surface area (Å²) >= 11 is 12.9. The van der Waals surface area contributed by atoms with Gasteiger partial charge in [0.15, 0.2) is 0 Å². The van der Waals surface area contributed by atoms with Gasteiger partial charge >= 0.3 is 0 Å². The summed E-state index contributed by atoms with van der Waals surface area (Å²) in [6.45, 7) is 3.01. The van der Waals surface area contributed by atoms with Crippen LogP contribution >= 0.6 is 46.9 Å². The van der Waals surface area contributed by atoms with Crippen LogP contribution in [0.4, 0.5) is 0 Å². The maximum absolute atomic E-state index is 12.6. The van der Waals surface area contributed by atoms with Gasteiger partial charge in [0, 0.05) is 19.6 Å². The molecule has 1 N–H and O–H groups in total. The van der Waals surface area contributed by atoms with Crippen molar-refractivity contribution in [1.82, 2.24) is 9.62 Å². The fourth-order valence-corrected chi connectivity index (χ4v) is 6.55. The van der Waals surface area contributed by atoms with Crippen LogP contribution in [0.1, 0.15) is 12.8 Å². The van der Waals surface area contributed by atoms with E-state index in [1.807, 2.05) is 0 Å². The van der Waals surface area contributed by atoms with Gasteiger partial charge in [-0.15, -0.1) is 23.7 Å². The van der Waals surface area contributed by atoms with Crippen LogP contribution in [0.3, 0.4) is 0 Å². The Balaban J connectivity index is 0.00000147. The maximum Gasteiger partial charge on any atom is 0.245 e. The highest BCUT2D eigenvalue weighted by Gasteiger charge is 2.45. The van der Waals surface area contributed by atoms with E-state index in [-0.39, 0.29) is 27.1 Å². The monoisotopic (exact) mass is 376 g/mol. The number of hydrogen-bond donors (Lipinski definition) is 1. The number of hydrogen-bond acceptors (Lipinski definition) is 4. The third-order valence-corrected chi connectivity index (χ3v) is 7.58. The molecule has 3 rings (SSSR count). The summed E-state index contributed by atoms with van der Waals surface area (Å²) in [5.41, 5.74) is 0.110. The molecule has 9 heteroatoms. The largest absolute Gasteiger partial charge is 0.316 e. The van der Waals surface area contributed by atoms with Crippen LogP contribution in [0.2, 0.25) is 8.67 Å². The summed E-state index contributed by atoms with van der Waals surface area (Å²) < 4.78 is 27.4. The Morgan fingerprint density at radius 2 is 2.10 bits per heavy atom. The number of rotatable bonds is 2. The molecule has 0 saturated carbocycles. The van der Waals surface area contributed by atoms with Crippen molar-refractivity contribution in [3.63, 3.8) is 0 Å². The molecule has 2 aliphatic rings. The molecule has 1 aromatic rings. The quantitative estimate of drug-likeness (QED) is 0.862. The molecule has 1 unspecified atom stereocenters. The highest BCUT2D eigenvalue weighted by atomic mass is 35.5. The second-order valence-electron chi connectivity index (χ2n) is 5.20. The Bertz CT molecular complexity index is 597. The minimum atomic E-state index is -3.51. The Labute approximate surface area is 138 Å². The van der Waals surface area contributed by atoms with Crippen molar-refractivity contribution in [2.45, 2.75) is 17.7 Å². The van der Waals surface area contributed by atoms with E-state index in [9.17, 15) is 8.42 Å². The molecule has 2 aliphatic heterocycles. The minimum Gasteiger partial charge on any atom is -0.316 e. The second-order valence-corrected chi connectivity index (χ2v) is 9.40. The van der Waals surface area contributed by atoms with Gasteiger partial charge in [0.2, 0.25) is 10.0 Å². The van der Waals surface area contributed by atoms with E-state index in [4.69, 9.17) is 23.2 Å². The first-order valence-corrected chi connectivity index (χ1v) is 9.10. The molecular formula is C11H15Cl3N2O2S2. The van der Waals surface area contributed by atoms with Crippen molar-refractivity contribution >= 4 is 57.0 Å². The van der Waals surface area contributed by atoms with Crippen molar-refractivity contribution in [3.8, 4) is 0 Å². The highest BCUT2D eigenvalue weighted by molar-refractivity contribution is 7.89. The normalized spacial score (nSPS) is 27.1. The molecule has 1 aromatic heterocycles. The van der Waals surface area contributed by atoms with Gasteiger partial charge in [-0.05, 0) is 30.9 Å². The predicted octanol–water partition coefficient (Wildman–Crippen LogP) is 2.85. The van der Waals surface area contributed by atoms with Crippen LogP contribution in [0.15, 0.2) is 11.0 Å². The van der Waals surface area contributed by atoms with Gasteiger partial charge in [0.1, 0.15) is 9.23 Å². The van der Waals surface area contributed by atoms with Gasteiger partial charge < -0.3 is 5.32 Å². The second kappa shape index (κ2) is 5.91. The Morgan fingerprint density at radius 3 is 2.65 bits per heavy atom. The molecule has 20 heavy (non-hydrogen) atoms. The number of sulfonamides is 1. The molecule has 0 radical (unpaired) electrons. The van der Waals surface area contributed by atoms with Crippen LogP contribution < -0.4 is 5.32 Å². The zero-order valence-electron chi connectivity index (χ0n) is 10.6. The van der Waals surface area contributed by atoms with E-state index in [1.165, 1.54) is 6.07 Å². The topological polar surface area (TPSA) is 49.4 Å². The third kappa shape index (κ3) is 2.84. The zero-order chi connectivity index (χ0) is 13.7. The van der Waals surface area contributed by atoms with E-state index in [0.29, 0.717) is 17.4 Å². The van der Waals surface area contributed by atoms with Crippen LogP contribution in [0.25, 0.3) is 0 Å². The fraction of sp³-hybridized carbons (Fsp3) is 0.636. The van der Waals surface area contributed by atoms with Crippen molar-refractivity contribution < 1.29 is 8.42 Å².